The Morgan fingerprint density at radius 2 is 2.43 bits per heavy atom. The number of hydrogen-bond acceptors (Lipinski definition) is 4. The maximum Gasteiger partial charge on any atom is 0.328 e. The molecule has 0 aliphatic carbocycles. The number of hydrogen-bond donors (Lipinski definition) is 0. The highest BCUT2D eigenvalue weighted by Gasteiger charge is 2.36. The van der Waals surface area contributed by atoms with Crippen LogP contribution < -0.4 is 0 Å². The van der Waals surface area contributed by atoms with Gasteiger partial charge in [-0.3, -0.25) is 4.79 Å². The summed E-state index contributed by atoms with van der Waals surface area (Å²) in [6.07, 6.45) is 0.772. The van der Waals surface area contributed by atoms with E-state index in [1.54, 1.807) is 0 Å². The number of esters is 1. The Hall–Kier alpha value is -1.22. The minimum absolute atomic E-state index is 0. The molecule has 1 atom stereocenters. The zero-order valence-electron chi connectivity index (χ0n) is 7.82. The summed E-state index contributed by atoms with van der Waals surface area (Å²) < 4.78 is 4.52. The lowest BCUT2D eigenvalue weighted by molar-refractivity contribution is -0.148. The molecule has 1 fully saturated rings. The first kappa shape index (κ1) is 12.8. The van der Waals surface area contributed by atoms with Crippen molar-refractivity contribution in [2.75, 3.05) is 13.7 Å². The van der Waals surface area contributed by atoms with Gasteiger partial charge in [0, 0.05) is 6.42 Å². The van der Waals surface area contributed by atoms with Gasteiger partial charge in [0.2, 0.25) is 5.91 Å². The van der Waals surface area contributed by atoms with E-state index in [0.717, 1.165) is 0 Å². The van der Waals surface area contributed by atoms with Crippen LogP contribution in [-0.4, -0.2) is 36.5 Å². The number of carbonyl (C=O) groups excluding carboxylic acids is 2. The maximum atomic E-state index is 11.2. The molecule has 0 aromatic carbocycles. The van der Waals surface area contributed by atoms with Crippen LogP contribution in [0.2, 0.25) is 0 Å². The second-order valence-electron chi connectivity index (χ2n) is 2.76. The number of nitriles is 1. The number of methoxy groups -OCH3 is 1. The van der Waals surface area contributed by atoms with Crippen molar-refractivity contribution < 1.29 is 14.3 Å². The molecule has 1 saturated heterocycles. The standard InChI is InChI=1S/C8H10N2O3.H2S/c1-13-8(12)6-2-3-7(11)10(6)5-4-9;/h6H,2-3,5H2,1H3;1H2/t6-;/m0./s1. The van der Waals surface area contributed by atoms with Gasteiger partial charge in [0.1, 0.15) is 12.6 Å². The van der Waals surface area contributed by atoms with Gasteiger partial charge in [0.05, 0.1) is 13.2 Å². The summed E-state index contributed by atoms with van der Waals surface area (Å²) in [5.41, 5.74) is 0. The van der Waals surface area contributed by atoms with Crippen LogP contribution >= 0.6 is 13.5 Å². The highest BCUT2D eigenvalue weighted by molar-refractivity contribution is 7.59. The quantitative estimate of drug-likeness (QED) is 0.473. The predicted octanol–water partition coefficient (Wildman–Crippen LogP) is -0.213. The van der Waals surface area contributed by atoms with Crippen LogP contribution in [0.5, 0.6) is 0 Å². The van der Waals surface area contributed by atoms with Gasteiger partial charge in [-0.25, -0.2) is 4.79 Å². The van der Waals surface area contributed by atoms with E-state index in [4.69, 9.17) is 5.26 Å². The fourth-order valence-corrected chi connectivity index (χ4v) is 1.39. The SMILES string of the molecule is COC(=O)[C@@H]1CCC(=O)N1CC#N.S. The largest absolute Gasteiger partial charge is 0.467 e. The van der Waals surface area contributed by atoms with Gasteiger partial charge in [-0.2, -0.15) is 18.8 Å². The molecule has 0 saturated carbocycles. The number of amides is 1. The molecule has 14 heavy (non-hydrogen) atoms. The lowest BCUT2D eigenvalue weighted by atomic mass is 10.2. The minimum atomic E-state index is -0.558. The predicted molar refractivity (Wildman–Crippen MR) is 52.7 cm³/mol. The van der Waals surface area contributed by atoms with Gasteiger partial charge in [0.15, 0.2) is 0 Å². The Morgan fingerprint density at radius 3 is 2.93 bits per heavy atom. The monoisotopic (exact) mass is 216 g/mol. The first-order valence-corrected chi connectivity index (χ1v) is 3.95. The maximum absolute atomic E-state index is 11.2. The number of carbonyl (C=O) groups is 2. The Kier molecular flexibility index (Phi) is 5.02. The zero-order valence-corrected chi connectivity index (χ0v) is 8.82. The van der Waals surface area contributed by atoms with Gasteiger partial charge in [-0.05, 0) is 6.42 Å². The lowest BCUT2D eigenvalue weighted by Crippen LogP contribution is -2.39. The normalized spacial score (nSPS) is 19.9. The van der Waals surface area contributed by atoms with Gasteiger partial charge in [-0.15, -0.1) is 0 Å². The minimum Gasteiger partial charge on any atom is -0.467 e. The van der Waals surface area contributed by atoms with E-state index in [2.05, 4.69) is 4.74 Å². The molecule has 1 aliphatic heterocycles. The van der Waals surface area contributed by atoms with Crippen LogP contribution in [0, 0.1) is 11.3 Å². The molecular weight excluding hydrogens is 204 g/mol. The average molecular weight is 216 g/mol. The summed E-state index contributed by atoms with van der Waals surface area (Å²) in [5, 5.41) is 8.42. The molecule has 6 heteroatoms. The molecule has 0 aromatic rings. The van der Waals surface area contributed by atoms with Crippen molar-refractivity contribution in [2.45, 2.75) is 18.9 Å². The molecular formula is C8H12N2O3S. The molecule has 1 rings (SSSR count). The second kappa shape index (κ2) is 5.50. The molecule has 0 aromatic heterocycles. The lowest BCUT2D eigenvalue weighted by Gasteiger charge is -2.18. The van der Waals surface area contributed by atoms with Crippen LogP contribution in [-0.2, 0) is 14.3 Å². The molecule has 1 heterocycles. The van der Waals surface area contributed by atoms with Crippen LogP contribution in [0.3, 0.4) is 0 Å². The number of ether oxygens (including phenoxy) is 1. The molecule has 1 aliphatic rings. The van der Waals surface area contributed by atoms with Crippen molar-refractivity contribution >= 4 is 25.4 Å². The van der Waals surface area contributed by atoms with E-state index < -0.39 is 12.0 Å². The summed E-state index contributed by atoms with van der Waals surface area (Å²) >= 11 is 0. The highest BCUT2D eigenvalue weighted by Crippen LogP contribution is 2.18. The van der Waals surface area contributed by atoms with Gasteiger partial charge in [0.25, 0.3) is 0 Å². The smallest absolute Gasteiger partial charge is 0.328 e. The third-order valence-electron chi connectivity index (χ3n) is 2.04. The van der Waals surface area contributed by atoms with Crippen molar-refractivity contribution in [1.29, 1.82) is 5.26 Å². The molecule has 0 bridgehead atoms. The van der Waals surface area contributed by atoms with E-state index in [-0.39, 0.29) is 25.9 Å². The Morgan fingerprint density at radius 1 is 1.79 bits per heavy atom. The van der Waals surface area contributed by atoms with Crippen LogP contribution in [0.1, 0.15) is 12.8 Å². The first-order chi connectivity index (χ1) is 6.20. The van der Waals surface area contributed by atoms with E-state index in [0.29, 0.717) is 12.8 Å². The van der Waals surface area contributed by atoms with Crippen molar-refractivity contribution in [3.05, 3.63) is 0 Å². The summed E-state index contributed by atoms with van der Waals surface area (Å²) in [7, 11) is 1.27. The van der Waals surface area contributed by atoms with E-state index in [1.807, 2.05) is 6.07 Å². The third-order valence-corrected chi connectivity index (χ3v) is 2.04. The molecule has 0 radical (unpaired) electrons. The first-order valence-electron chi connectivity index (χ1n) is 3.95. The van der Waals surface area contributed by atoms with Crippen LogP contribution in [0.4, 0.5) is 0 Å². The second-order valence-corrected chi connectivity index (χ2v) is 2.76. The summed E-state index contributed by atoms with van der Waals surface area (Å²) in [6, 6.07) is 1.29. The molecule has 0 unspecified atom stereocenters. The van der Waals surface area contributed by atoms with Gasteiger partial charge in [-0.1, -0.05) is 0 Å². The van der Waals surface area contributed by atoms with Crippen molar-refractivity contribution in [3.63, 3.8) is 0 Å². The van der Waals surface area contributed by atoms with Crippen molar-refractivity contribution in [2.24, 2.45) is 0 Å². The molecule has 0 spiro atoms. The molecule has 78 valence electrons. The Bertz CT molecular complexity index is 274. The van der Waals surface area contributed by atoms with Gasteiger partial charge >= 0.3 is 5.97 Å². The molecule has 0 N–H and O–H groups in total. The summed E-state index contributed by atoms with van der Waals surface area (Å²) in [6.45, 7) is -0.0431. The highest BCUT2D eigenvalue weighted by atomic mass is 32.1. The fraction of sp³-hybridized carbons (Fsp3) is 0.625. The van der Waals surface area contributed by atoms with Crippen molar-refractivity contribution in [1.82, 2.24) is 4.90 Å². The number of nitrogens with zero attached hydrogens (tertiary/aromatic N) is 2. The third kappa shape index (κ3) is 2.39. The zero-order chi connectivity index (χ0) is 9.84. The van der Waals surface area contributed by atoms with E-state index in [1.165, 1.54) is 12.0 Å². The number of likely N-dealkylation sites (tertiary alicyclic amines) is 1. The Balaban J connectivity index is 0.00000169. The van der Waals surface area contributed by atoms with Gasteiger partial charge < -0.3 is 9.64 Å². The molecule has 1 amide bonds. The summed E-state index contributed by atoms with van der Waals surface area (Å²) in [4.78, 5) is 23.5. The fourth-order valence-electron chi connectivity index (χ4n) is 1.39. The topological polar surface area (TPSA) is 70.4 Å². The summed E-state index contributed by atoms with van der Waals surface area (Å²) in [5.74, 6) is -0.599. The van der Waals surface area contributed by atoms with E-state index in [9.17, 15) is 9.59 Å². The molecule has 5 nitrogen and oxygen atoms in total. The van der Waals surface area contributed by atoms with Crippen LogP contribution in [0.25, 0.3) is 0 Å². The number of rotatable bonds is 2. The Labute approximate surface area is 89.1 Å². The van der Waals surface area contributed by atoms with Crippen LogP contribution in [0.15, 0.2) is 0 Å². The average Bonchev–Trinajstić information content (AvgIpc) is 2.48. The van der Waals surface area contributed by atoms with Crippen molar-refractivity contribution in [3.8, 4) is 6.07 Å². The van der Waals surface area contributed by atoms with E-state index >= 15 is 0 Å².